The molecule has 0 amide bonds. The van der Waals surface area contributed by atoms with E-state index in [4.69, 9.17) is 0 Å². The van der Waals surface area contributed by atoms with Crippen LogP contribution in [0.15, 0.2) is 9.59 Å². The molecular weight excluding hydrogens is 210 g/mol. The number of hydrogen-bond acceptors (Lipinski definition) is 3. The van der Waals surface area contributed by atoms with Gasteiger partial charge in [0.1, 0.15) is 0 Å². The van der Waals surface area contributed by atoms with Crippen molar-refractivity contribution in [2.24, 2.45) is 0 Å². The average Bonchev–Trinajstić information content (AvgIpc) is 2.47. The van der Waals surface area contributed by atoms with E-state index in [-0.39, 0.29) is 6.54 Å². The zero-order valence-electron chi connectivity index (χ0n) is 9.16. The van der Waals surface area contributed by atoms with E-state index in [0.29, 0.717) is 12.8 Å². The topological polar surface area (TPSA) is 90.9 Å². The first-order valence-electron chi connectivity index (χ1n) is 5.71. The van der Waals surface area contributed by atoms with Crippen LogP contribution in [0.2, 0.25) is 0 Å². The number of rotatable bonds is 2. The van der Waals surface area contributed by atoms with Crippen molar-refractivity contribution in [1.29, 1.82) is 0 Å². The van der Waals surface area contributed by atoms with Crippen molar-refractivity contribution in [3.63, 3.8) is 0 Å². The minimum absolute atomic E-state index is 0.0880. The number of H-pyrrole nitrogens is 2. The van der Waals surface area contributed by atoms with E-state index in [9.17, 15) is 14.7 Å². The zero-order valence-corrected chi connectivity index (χ0v) is 9.16. The molecule has 1 aromatic heterocycles. The highest BCUT2D eigenvalue weighted by Crippen LogP contribution is 2.27. The predicted octanol–water partition coefficient (Wildman–Crippen LogP) is -0.0500. The van der Waals surface area contributed by atoms with Crippen LogP contribution < -0.4 is 11.4 Å². The normalized spacial score (nSPS) is 20.6. The number of hydrogen-bond donors (Lipinski definition) is 3. The molecule has 2 rings (SSSR count). The summed E-state index contributed by atoms with van der Waals surface area (Å²) >= 11 is 0. The van der Waals surface area contributed by atoms with Crippen LogP contribution in [-0.4, -0.2) is 25.5 Å². The Morgan fingerprint density at radius 2 is 1.56 bits per heavy atom. The third-order valence-electron chi connectivity index (χ3n) is 3.25. The maximum atomic E-state index is 11.3. The number of nitrogens with one attached hydrogen (secondary N) is 2. The van der Waals surface area contributed by atoms with Crippen LogP contribution in [0.5, 0.6) is 0 Å². The Kier molecular flexibility index (Phi) is 3.00. The Balaban J connectivity index is 2.19. The van der Waals surface area contributed by atoms with Crippen molar-refractivity contribution in [3.8, 4) is 0 Å². The van der Waals surface area contributed by atoms with Crippen molar-refractivity contribution in [3.05, 3.63) is 21.0 Å². The van der Waals surface area contributed by atoms with Gasteiger partial charge in [0.05, 0.1) is 12.1 Å². The molecule has 0 spiro atoms. The zero-order chi connectivity index (χ0) is 11.6. The summed E-state index contributed by atoms with van der Waals surface area (Å²) in [5, 5.41) is 14.8. The highest BCUT2D eigenvalue weighted by atomic mass is 16.3. The largest absolute Gasteiger partial charge is 0.388 e. The first-order valence-corrected chi connectivity index (χ1v) is 5.71. The molecule has 3 N–H and O–H groups in total. The summed E-state index contributed by atoms with van der Waals surface area (Å²) < 4.78 is 1.03. The smallest absolute Gasteiger partial charge is 0.344 e. The fraction of sp³-hybridized carbons (Fsp3) is 0.800. The lowest BCUT2D eigenvalue weighted by molar-refractivity contribution is 0.00640. The molecule has 0 aromatic carbocycles. The number of aromatic amines is 2. The van der Waals surface area contributed by atoms with E-state index in [2.05, 4.69) is 10.2 Å². The molecule has 6 nitrogen and oxygen atoms in total. The quantitative estimate of drug-likeness (QED) is 0.619. The fourth-order valence-corrected chi connectivity index (χ4v) is 2.32. The fourth-order valence-electron chi connectivity index (χ4n) is 2.32. The monoisotopic (exact) mass is 227 g/mol. The molecule has 1 saturated carbocycles. The van der Waals surface area contributed by atoms with Gasteiger partial charge in [0, 0.05) is 0 Å². The number of aromatic nitrogens is 3. The predicted molar refractivity (Wildman–Crippen MR) is 58.3 cm³/mol. The molecule has 0 atom stereocenters. The highest BCUT2D eigenvalue weighted by Gasteiger charge is 2.29. The molecule has 16 heavy (non-hydrogen) atoms. The van der Waals surface area contributed by atoms with Gasteiger partial charge in [-0.2, -0.15) is 0 Å². The highest BCUT2D eigenvalue weighted by molar-refractivity contribution is 4.83. The van der Waals surface area contributed by atoms with Gasteiger partial charge in [-0.25, -0.2) is 24.4 Å². The van der Waals surface area contributed by atoms with Gasteiger partial charge in [-0.3, -0.25) is 0 Å². The van der Waals surface area contributed by atoms with Gasteiger partial charge >= 0.3 is 11.4 Å². The summed E-state index contributed by atoms with van der Waals surface area (Å²) in [6.45, 7) is 0.0880. The summed E-state index contributed by atoms with van der Waals surface area (Å²) in [7, 11) is 0. The third-order valence-corrected chi connectivity index (χ3v) is 3.25. The Hall–Kier alpha value is -1.30. The van der Waals surface area contributed by atoms with Crippen LogP contribution in [0.3, 0.4) is 0 Å². The molecule has 1 aromatic rings. The van der Waals surface area contributed by atoms with Crippen LogP contribution in [-0.2, 0) is 6.54 Å². The van der Waals surface area contributed by atoms with Gasteiger partial charge in [0.15, 0.2) is 0 Å². The average molecular weight is 227 g/mol. The Bertz CT molecular complexity index is 421. The maximum Gasteiger partial charge on any atom is 0.344 e. The molecule has 0 saturated heterocycles. The second-order valence-electron chi connectivity index (χ2n) is 4.59. The van der Waals surface area contributed by atoms with Gasteiger partial charge < -0.3 is 5.11 Å². The molecule has 0 radical (unpaired) electrons. The summed E-state index contributed by atoms with van der Waals surface area (Å²) in [4.78, 5) is 22.6. The van der Waals surface area contributed by atoms with Gasteiger partial charge in [0.25, 0.3) is 0 Å². The molecule has 0 aliphatic heterocycles. The second-order valence-corrected chi connectivity index (χ2v) is 4.59. The standard InChI is InChI=1S/C10H17N3O3/c14-8-11-12-9(15)13(8)7-10(16)5-3-1-2-4-6-10/h16H,1-7H2,(H,11,14)(H,12,15). The van der Waals surface area contributed by atoms with Crippen molar-refractivity contribution in [2.75, 3.05) is 0 Å². The lowest BCUT2D eigenvalue weighted by atomic mass is 9.94. The van der Waals surface area contributed by atoms with Crippen LogP contribution >= 0.6 is 0 Å². The van der Waals surface area contributed by atoms with Crippen LogP contribution in [0.4, 0.5) is 0 Å². The molecule has 1 heterocycles. The molecule has 0 unspecified atom stereocenters. The van der Waals surface area contributed by atoms with E-state index in [1.54, 1.807) is 0 Å². The van der Waals surface area contributed by atoms with Crippen molar-refractivity contribution in [1.82, 2.24) is 14.8 Å². The van der Waals surface area contributed by atoms with Gasteiger partial charge in [-0.05, 0) is 12.8 Å². The summed E-state index contributed by atoms with van der Waals surface area (Å²) in [6.07, 6.45) is 5.44. The van der Waals surface area contributed by atoms with Gasteiger partial charge in [-0.15, -0.1) is 0 Å². The summed E-state index contributed by atoms with van der Waals surface area (Å²) in [6, 6.07) is 0. The molecule has 1 aliphatic rings. The number of nitrogens with zero attached hydrogens (tertiary/aromatic N) is 1. The van der Waals surface area contributed by atoms with Crippen LogP contribution in [0, 0.1) is 0 Å². The van der Waals surface area contributed by atoms with E-state index in [0.717, 1.165) is 30.3 Å². The molecule has 1 fully saturated rings. The number of aliphatic hydroxyl groups is 1. The van der Waals surface area contributed by atoms with Crippen LogP contribution in [0.25, 0.3) is 0 Å². The van der Waals surface area contributed by atoms with Crippen LogP contribution in [0.1, 0.15) is 38.5 Å². The Morgan fingerprint density at radius 1 is 1.06 bits per heavy atom. The first-order chi connectivity index (χ1) is 7.61. The lowest BCUT2D eigenvalue weighted by Gasteiger charge is -2.25. The van der Waals surface area contributed by atoms with Gasteiger partial charge in [0.2, 0.25) is 0 Å². The second kappa shape index (κ2) is 4.29. The minimum Gasteiger partial charge on any atom is -0.388 e. The first kappa shape index (κ1) is 11.2. The van der Waals surface area contributed by atoms with Crippen molar-refractivity contribution >= 4 is 0 Å². The molecule has 1 aliphatic carbocycles. The third kappa shape index (κ3) is 2.27. The summed E-state index contributed by atoms with van der Waals surface area (Å²) in [5.41, 5.74) is -1.87. The van der Waals surface area contributed by atoms with E-state index in [1.165, 1.54) is 0 Å². The van der Waals surface area contributed by atoms with E-state index in [1.807, 2.05) is 0 Å². The SMILES string of the molecule is O=c1[nH][nH]c(=O)n1CC1(O)CCCCCC1. The van der Waals surface area contributed by atoms with Crippen molar-refractivity contribution in [2.45, 2.75) is 50.7 Å². The summed E-state index contributed by atoms with van der Waals surface area (Å²) in [5.74, 6) is 0. The minimum atomic E-state index is -0.907. The molecule has 0 bridgehead atoms. The van der Waals surface area contributed by atoms with Gasteiger partial charge in [-0.1, -0.05) is 25.7 Å². The van der Waals surface area contributed by atoms with E-state index < -0.39 is 17.0 Å². The van der Waals surface area contributed by atoms with Crippen molar-refractivity contribution < 1.29 is 5.11 Å². The lowest BCUT2D eigenvalue weighted by Crippen LogP contribution is -2.40. The molecular formula is C10H17N3O3. The Morgan fingerprint density at radius 3 is 2.06 bits per heavy atom. The maximum absolute atomic E-state index is 11.3. The Labute approximate surface area is 92.3 Å². The molecule has 90 valence electrons. The molecule has 6 heteroatoms. The van der Waals surface area contributed by atoms with E-state index >= 15 is 0 Å².